The molecule has 0 bridgehead atoms. The average molecular weight is 249 g/mol. The number of ether oxygens (including phenoxy) is 2. The highest BCUT2D eigenvalue weighted by atomic mass is 16.5. The molecule has 1 rings (SSSR count). The van der Waals surface area contributed by atoms with Crippen molar-refractivity contribution in [3.05, 3.63) is 29.8 Å². The minimum absolute atomic E-state index is 0.121. The Morgan fingerprint density at radius 1 is 1.28 bits per heavy atom. The van der Waals surface area contributed by atoms with Gasteiger partial charge in [0.05, 0.1) is 19.8 Å². The Morgan fingerprint density at radius 2 is 1.89 bits per heavy atom. The molecule has 18 heavy (non-hydrogen) atoms. The van der Waals surface area contributed by atoms with Crippen molar-refractivity contribution in [2.45, 2.75) is 13.3 Å². The molecular weight excluding hydrogens is 230 g/mol. The Hall–Kier alpha value is -1.97. The highest BCUT2D eigenvalue weighted by Gasteiger charge is 2.06. The fraction of sp³-hybridized carbons (Fsp3) is 0.357. The summed E-state index contributed by atoms with van der Waals surface area (Å²) in [6.45, 7) is 2.68. The van der Waals surface area contributed by atoms with Crippen molar-refractivity contribution in [3.8, 4) is 11.5 Å². The molecule has 0 aliphatic heterocycles. The van der Waals surface area contributed by atoms with E-state index in [4.69, 9.17) is 9.47 Å². The summed E-state index contributed by atoms with van der Waals surface area (Å²) in [7, 11) is 3.17. The van der Waals surface area contributed by atoms with Crippen molar-refractivity contribution >= 4 is 12.0 Å². The van der Waals surface area contributed by atoms with E-state index in [-0.39, 0.29) is 5.91 Å². The van der Waals surface area contributed by atoms with E-state index in [1.54, 1.807) is 20.3 Å². The van der Waals surface area contributed by atoms with E-state index in [0.717, 1.165) is 12.0 Å². The average Bonchev–Trinajstić information content (AvgIpc) is 2.42. The molecule has 1 aromatic carbocycles. The first-order chi connectivity index (χ1) is 8.72. The van der Waals surface area contributed by atoms with E-state index < -0.39 is 0 Å². The Labute approximate surface area is 108 Å². The molecule has 0 heterocycles. The lowest BCUT2D eigenvalue weighted by atomic mass is 10.1. The predicted molar refractivity (Wildman–Crippen MR) is 71.9 cm³/mol. The van der Waals surface area contributed by atoms with Crippen LogP contribution in [0.4, 0.5) is 0 Å². The Kier molecular flexibility index (Phi) is 5.77. The Morgan fingerprint density at radius 3 is 2.39 bits per heavy atom. The SMILES string of the molecule is CCCNC(=O)C=Cc1c(OC)cccc1OC. The number of carbonyl (C=O) groups is 1. The van der Waals surface area contributed by atoms with Crippen LogP contribution in [0.3, 0.4) is 0 Å². The standard InChI is InChI=1S/C14H19NO3/c1-4-10-15-14(16)9-8-11-12(17-2)6-5-7-13(11)18-3/h5-9H,4,10H2,1-3H3,(H,15,16). The minimum atomic E-state index is -0.121. The summed E-state index contributed by atoms with van der Waals surface area (Å²) in [6.07, 6.45) is 4.09. The third kappa shape index (κ3) is 3.80. The zero-order chi connectivity index (χ0) is 13.4. The number of rotatable bonds is 6. The number of nitrogens with one attached hydrogen (secondary N) is 1. The van der Waals surface area contributed by atoms with Crippen LogP contribution in [-0.4, -0.2) is 26.7 Å². The third-order valence-corrected chi connectivity index (χ3v) is 2.42. The van der Waals surface area contributed by atoms with Gasteiger partial charge in [-0.1, -0.05) is 13.0 Å². The van der Waals surface area contributed by atoms with E-state index in [1.165, 1.54) is 6.08 Å². The number of hydrogen-bond donors (Lipinski definition) is 1. The molecule has 1 N–H and O–H groups in total. The van der Waals surface area contributed by atoms with Crippen molar-refractivity contribution in [2.24, 2.45) is 0 Å². The molecule has 0 fully saturated rings. The molecule has 0 radical (unpaired) electrons. The quantitative estimate of drug-likeness (QED) is 0.786. The molecule has 0 spiro atoms. The zero-order valence-corrected chi connectivity index (χ0v) is 11.0. The Bertz CT molecular complexity index is 405. The van der Waals surface area contributed by atoms with Gasteiger partial charge in [-0.2, -0.15) is 0 Å². The van der Waals surface area contributed by atoms with Crippen molar-refractivity contribution in [3.63, 3.8) is 0 Å². The summed E-state index contributed by atoms with van der Waals surface area (Å²) in [6, 6.07) is 5.49. The van der Waals surface area contributed by atoms with Gasteiger partial charge >= 0.3 is 0 Å². The minimum Gasteiger partial charge on any atom is -0.496 e. The van der Waals surface area contributed by atoms with E-state index >= 15 is 0 Å². The van der Waals surface area contributed by atoms with Crippen LogP contribution < -0.4 is 14.8 Å². The lowest BCUT2D eigenvalue weighted by molar-refractivity contribution is -0.116. The summed E-state index contributed by atoms with van der Waals surface area (Å²) in [5.74, 6) is 1.23. The Balaban J connectivity index is 2.88. The van der Waals surface area contributed by atoms with Crippen molar-refractivity contribution in [1.29, 1.82) is 0 Å². The predicted octanol–water partition coefficient (Wildman–Crippen LogP) is 2.24. The second kappa shape index (κ2) is 7.37. The maximum Gasteiger partial charge on any atom is 0.244 e. The van der Waals surface area contributed by atoms with Gasteiger partial charge in [-0.15, -0.1) is 0 Å². The smallest absolute Gasteiger partial charge is 0.244 e. The molecule has 0 atom stereocenters. The molecule has 0 unspecified atom stereocenters. The molecule has 1 aromatic rings. The molecule has 0 aromatic heterocycles. The molecule has 4 heteroatoms. The van der Waals surface area contributed by atoms with Gasteiger partial charge in [-0.25, -0.2) is 0 Å². The van der Waals surface area contributed by atoms with Crippen molar-refractivity contribution in [1.82, 2.24) is 5.32 Å². The highest BCUT2D eigenvalue weighted by molar-refractivity contribution is 5.92. The van der Waals surface area contributed by atoms with Crippen LogP contribution in [0.15, 0.2) is 24.3 Å². The first kappa shape index (κ1) is 14.1. The highest BCUT2D eigenvalue weighted by Crippen LogP contribution is 2.29. The summed E-state index contributed by atoms with van der Waals surface area (Å²) < 4.78 is 10.5. The number of methoxy groups -OCH3 is 2. The van der Waals surface area contributed by atoms with Crippen LogP contribution in [0.1, 0.15) is 18.9 Å². The first-order valence-electron chi connectivity index (χ1n) is 5.89. The maximum atomic E-state index is 11.5. The number of benzene rings is 1. The van der Waals surface area contributed by atoms with Crippen LogP contribution >= 0.6 is 0 Å². The second-order valence-corrected chi connectivity index (χ2v) is 3.70. The van der Waals surface area contributed by atoms with Crippen molar-refractivity contribution < 1.29 is 14.3 Å². The van der Waals surface area contributed by atoms with Crippen LogP contribution in [0, 0.1) is 0 Å². The summed E-state index contributed by atoms with van der Waals surface area (Å²) in [4.78, 5) is 11.5. The van der Waals surface area contributed by atoms with Crippen LogP contribution in [-0.2, 0) is 4.79 Å². The molecule has 0 aliphatic rings. The molecule has 0 aliphatic carbocycles. The second-order valence-electron chi connectivity index (χ2n) is 3.70. The molecular formula is C14H19NO3. The summed E-state index contributed by atoms with van der Waals surface area (Å²) >= 11 is 0. The topological polar surface area (TPSA) is 47.6 Å². The fourth-order valence-electron chi connectivity index (χ4n) is 1.51. The van der Waals surface area contributed by atoms with Gasteiger partial charge in [0.25, 0.3) is 0 Å². The number of amides is 1. The van der Waals surface area contributed by atoms with E-state index in [2.05, 4.69) is 5.32 Å². The van der Waals surface area contributed by atoms with Gasteiger partial charge in [0, 0.05) is 12.6 Å². The fourth-order valence-corrected chi connectivity index (χ4v) is 1.51. The lowest BCUT2D eigenvalue weighted by Gasteiger charge is -2.09. The largest absolute Gasteiger partial charge is 0.496 e. The van der Waals surface area contributed by atoms with E-state index in [1.807, 2.05) is 25.1 Å². The summed E-state index contributed by atoms with van der Waals surface area (Å²) in [5, 5.41) is 2.77. The lowest BCUT2D eigenvalue weighted by Crippen LogP contribution is -2.21. The van der Waals surface area contributed by atoms with Crippen LogP contribution in [0.25, 0.3) is 6.08 Å². The van der Waals surface area contributed by atoms with Gasteiger partial charge in [-0.3, -0.25) is 4.79 Å². The van der Waals surface area contributed by atoms with Gasteiger partial charge in [0.15, 0.2) is 0 Å². The van der Waals surface area contributed by atoms with Crippen molar-refractivity contribution in [2.75, 3.05) is 20.8 Å². The summed E-state index contributed by atoms with van der Waals surface area (Å²) in [5.41, 5.74) is 0.758. The van der Waals surface area contributed by atoms with Crippen LogP contribution in [0.5, 0.6) is 11.5 Å². The van der Waals surface area contributed by atoms with E-state index in [0.29, 0.717) is 18.0 Å². The number of carbonyl (C=O) groups excluding carboxylic acids is 1. The molecule has 0 saturated heterocycles. The maximum absolute atomic E-state index is 11.5. The van der Waals surface area contributed by atoms with E-state index in [9.17, 15) is 4.79 Å². The molecule has 1 amide bonds. The third-order valence-electron chi connectivity index (χ3n) is 2.42. The molecule has 4 nitrogen and oxygen atoms in total. The first-order valence-corrected chi connectivity index (χ1v) is 5.89. The number of hydrogen-bond acceptors (Lipinski definition) is 3. The van der Waals surface area contributed by atoms with Gasteiger partial charge in [0.2, 0.25) is 5.91 Å². The zero-order valence-electron chi connectivity index (χ0n) is 11.0. The normalized spacial score (nSPS) is 10.4. The monoisotopic (exact) mass is 249 g/mol. The van der Waals surface area contributed by atoms with Gasteiger partial charge in [0.1, 0.15) is 11.5 Å². The van der Waals surface area contributed by atoms with Gasteiger partial charge < -0.3 is 14.8 Å². The molecule has 0 saturated carbocycles. The van der Waals surface area contributed by atoms with Gasteiger partial charge in [-0.05, 0) is 24.6 Å². The van der Waals surface area contributed by atoms with Crippen LogP contribution in [0.2, 0.25) is 0 Å². The molecule has 98 valence electrons.